The van der Waals surface area contributed by atoms with Gasteiger partial charge in [-0.25, -0.2) is 0 Å². The van der Waals surface area contributed by atoms with Crippen molar-refractivity contribution in [1.29, 1.82) is 0 Å². The molecule has 0 spiro atoms. The van der Waals surface area contributed by atoms with E-state index in [1.165, 1.54) is 0 Å². The van der Waals surface area contributed by atoms with Crippen molar-refractivity contribution < 1.29 is 24.2 Å². The predicted octanol–water partition coefficient (Wildman–Crippen LogP) is 4.49. The quantitative estimate of drug-likeness (QED) is 0.497. The number of carbonyl (C=O) groups excluding carboxylic acids is 2. The van der Waals surface area contributed by atoms with E-state index in [9.17, 15) is 14.4 Å². The third-order valence-corrected chi connectivity index (χ3v) is 5.24. The smallest absolute Gasteiger partial charge is 0.308 e. The first kappa shape index (κ1) is 24.4. The second-order valence-corrected chi connectivity index (χ2v) is 7.83. The van der Waals surface area contributed by atoms with Gasteiger partial charge in [-0.05, 0) is 42.5 Å². The highest BCUT2D eigenvalue weighted by molar-refractivity contribution is 6.31. The number of hydrogen-bond donors (Lipinski definition) is 2. The van der Waals surface area contributed by atoms with Gasteiger partial charge in [-0.1, -0.05) is 61.0 Å². The summed E-state index contributed by atoms with van der Waals surface area (Å²) >= 11 is 6.53. The molecule has 6 nitrogen and oxygen atoms in total. The lowest BCUT2D eigenvalue weighted by Crippen LogP contribution is -2.39. The number of nitrogens with one attached hydrogen (secondary N) is 1. The highest BCUT2D eigenvalue weighted by Gasteiger charge is 2.23. The molecule has 0 saturated carbocycles. The fourth-order valence-corrected chi connectivity index (χ4v) is 3.57. The normalized spacial score (nSPS) is 12.6. The molecule has 0 fully saturated rings. The molecule has 2 atom stereocenters. The Bertz CT molecular complexity index is 900. The van der Waals surface area contributed by atoms with Gasteiger partial charge in [0.1, 0.15) is 0 Å². The SMILES string of the molecule is CCOC(=O)C(C)CC(Cc1ccc(-c2ccccc2)cc1Cl)NC(=O)CCC(=O)O. The van der Waals surface area contributed by atoms with Gasteiger partial charge in [0.2, 0.25) is 5.91 Å². The molecule has 0 aromatic heterocycles. The van der Waals surface area contributed by atoms with Crippen LogP contribution in [0.1, 0.15) is 38.7 Å². The van der Waals surface area contributed by atoms with E-state index in [-0.39, 0.29) is 37.4 Å². The molecule has 2 unspecified atom stereocenters. The van der Waals surface area contributed by atoms with Crippen molar-refractivity contribution in [2.45, 2.75) is 45.6 Å². The van der Waals surface area contributed by atoms with Crippen molar-refractivity contribution in [3.63, 3.8) is 0 Å². The lowest BCUT2D eigenvalue weighted by atomic mass is 9.94. The van der Waals surface area contributed by atoms with Crippen LogP contribution in [0.4, 0.5) is 0 Å². The maximum absolute atomic E-state index is 12.2. The van der Waals surface area contributed by atoms with E-state index >= 15 is 0 Å². The molecule has 0 aliphatic carbocycles. The van der Waals surface area contributed by atoms with Crippen LogP contribution in [-0.4, -0.2) is 35.6 Å². The molecular formula is C24H28ClNO5. The van der Waals surface area contributed by atoms with E-state index in [2.05, 4.69) is 5.32 Å². The number of benzene rings is 2. The number of esters is 1. The Morgan fingerprint density at radius 2 is 1.77 bits per heavy atom. The van der Waals surface area contributed by atoms with E-state index in [1.807, 2.05) is 48.5 Å². The molecule has 0 heterocycles. The zero-order valence-electron chi connectivity index (χ0n) is 17.8. The molecule has 2 rings (SSSR count). The lowest BCUT2D eigenvalue weighted by Gasteiger charge is -2.22. The third-order valence-electron chi connectivity index (χ3n) is 4.88. The van der Waals surface area contributed by atoms with Gasteiger partial charge in [0.05, 0.1) is 18.9 Å². The molecule has 0 aliphatic rings. The summed E-state index contributed by atoms with van der Waals surface area (Å²) < 4.78 is 5.07. The van der Waals surface area contributed by atoms with Crippen molar-refractivity contribution in [2.24, 2.45) is 5.92 Å². The first-order chi connectivity index (χ1) is 14.8. The summed E-state index contributed by atoms with van der Waals surface area (Å²) in [5.41, 5.74) is 2.86. The van der Waals surface area contributed by atoms with Crippen molar-refractivity contribution in [1.82, 2.24) is 5.32 Å². The van der Waals surface area contributed by atoms with Crippen LogP contribution in [0.15, 0.2) is 48.5 Å². The number of halogens is 1. The summed E-state index contributed by atoms with van der Waals surface area (Å²) in [6.07, 6.45) is 0.393. The summed E-state index contributed by atoms with van der Waals surface area (Å²) in [5.74, 6) is -2.17. The summed E-state index contributed by atoms with van der Waals surface area (Å²) in [4.78, 5) is 35.0. The van der Waals surface area contributed by atoms with Gasteiger partial charge in [-0.15, -0.1) is 0 Å². The van der Waals surface area contributed by atoms with Gasteiger partial charge in [0, 0.05) is 17.5 Å². The predicted molar refractivity (Wildman–Crippen MR) is 120 cm³/mol. The lowest BCUT2D eigenvalue weighted by molar-refractivity contribution is -0.148. The fourth-order valence-electron chi connectivity index (χ4n) is 3.31. The van der Waals surface area contributed by atoms with Gasteiger partial charge < -0.3 is 15.2 Å². The third kappa shape index (κ3) is 8.06. The Balaban J connectivity index is 2.15. The summed E-state index contributed by atoms with van der Waals surface area (Å²) in [7, 11) is 0. The minimum absolute atomic E-state index is 0.125. The molecule has 0 aliphatic heterocycles. The largest absolute Gasteiger partial charge is 0.481 e. The molecule has 166 valence electrons. The van der Waals surface area contributed by atoms with Crippen LogP contribution in [0.25, 0.3) is 11.1 Å². The molecule has 7 heteroatoms. The Hall–Kier alpha value is -2.86. The average molecular weight is 446 g/mol. The second-order valence-electron chi connectivity index (χ2n) is 7.42. The first-order valence-corrected chi connectivity index (χ1v) is 10.7. The van der Waals surface area contributed by atoms with Crippen molar-refractivity contribution in [3.05, 3.63) is 59.1 Å². The molecule has 0 radical (unpaired) electrons. The van der Waals surface area contributed by atoms with Gasteiger partial charge >= 0.3 is 11.9 Å². The number of carboxylic acids is 1. The number of amides is 1. The molecule has 31 heavy (non-hydrogen) atoms. The topological polar surface area (TPSA) is 92.7 Å². The zero-order chi connectivity index (χ0) is 22.8. The van der Waals surface area contributed by atoms with E-state index < -0.39 is 11.9 Å². The van der Waals surface area contributed by atoms with E-state index in [0.717, 1.165) is 16.7 Å². The number of rotatable bonds is 11. The van der Waals surface area contributed by atoms with Gasteiger partial charge in [0.25, 0.3) is 0 Å². The van der Waals surface area contributed by atoms with Gasteiger partial charge in [-0.2, -0.15) is 0 Å². The maximum Gasteiger partial charge on any atom is 0.308 e. The number of ether oxygens (including phenoxy) is 1. The highest BCUT2D eigenvalue weighted by Crippen LogP contribution is 2.27. The molecule has 0 bridgehead atoms. The maximum atomic E-state index is 12.2. The van der Waals surface area contributed by atoms with Crippen LogP contribution in [-0.2, 0) is 25.5 Å². The molecule has 0 saturated heterocycles. The van der Waals surface area contributed by atoms with Crippen molar-refractivity contribution in [2.75, 3.05) is 6.61 Å². The van der Waals surface area contributed by atoms with Gasteiger partial charge in [0.15, 0.2) is 0 Å². The number of carbonyl (C=O) groups is 3. The van der Waals surface area contributed by atoms with Crippen LogP contribution in [0, 0.1) is 5.92 Å². The van der Waals surface area contributed by atoms with Crippen LogP contribution in [0.5, 0.6) is 0 Å². The molecule has 1 amide bonds. The van der Waals surface area contributed by atoms with E-state index in [4.69, 9.17) is 21.4 Å². The minimum atomic E-state index is -1.04. The Labute approximate surface area is 187 Å². The Morgan fingerprint density at radius 1 is 1.06 bits per heavy atom. The van der Waals surface area contributed by atoms with Crippen LogP contribution in [0.2, 0.25) is 5.02 Å². The Morgan fingerprint density at radius 3 is 2.39 bits per heavy atom. The number of hydrogen-bond acceptors (Lipinski definition) is 4. The molecule has 2 aromatic carbocycles. The second kappa shape index (κ2) is 12.1. The Kier molecular flexibility index (Phi) is 9.53. The number of carboxylic acid groups (broad SMARTS) is 1. The van der Waals surface area contributed by atoms with Crippen molar-refractivity contribution >= 4 is 29.4 Å². The summed E-state index contributed by atoms with van der Waals surface area (Å²) in [6.45, 7) is 3.77. The monoisotopic (exact) mass is 445 g/mol. The summed E-state index contributed by atoms with van der Waals surface area (Å²) in [5, 5.41) is 12.2. The standard InChI is InChI=1S/C24H28ClNO5/c1-3-31-24(30)16(2)13-20(26-22(27)11-12-23(28)29)14-19-10-9-18(15-21(19)25)17-7-5-4-6-8-17/h4-10,15-16,20H,3,11-14H2,1-2H3,(H,26,27)(H,28,29). The van der Waals surface area contributed by atoms with Gasteiger partial charge in [-0.3, -0.25) is 14.4 Å². The van der Waals surface area contributed by atoms with E-state index in [1.54, 1.807) is 13.8 Å². The molecule has 2 N–H and O–H groups in total. The summed E-state index contributed by atoms with van der Waals surface area (Å²) in [6, 6.07) is 15.2. The molecule has 2 aromatic rings. The van der Waals surface area contributed by atoms with E-state index in [0.29, 0.717) is 17.9 Å². The average Bonchev–Trinajstić information content (AvgIpc) is 2.74. The fraction of sp³-hybridized carbons (Fsp3) is 0.375. The zero-order valence-corrected chi connectivity index (χ0v) is 18.5. The minimum Gasteiger partial charge on any atom is -0.481 e. The van der Waals surface area contributed by atoms with Crippen molar-refractivity contribution in [3.8, 4) is 11.1 Å². The number of aliphatic carboxylic acids is 1. The highest BCUT2D eigenvalue weighted by atomic mass is 35.5. The molecular weight excluding hydrogens is 418 g/mol. The first-order valence-electron chi connectivity index (χ1n) is 10.3. The van der Waals surface area contributed by atoms with Crippen LogP contribution < -0.4 is 5.32 Å². The van der Waals surface area contributed by atoms with Crippen LogP contribution in [0.3, 0.4) is 0 Å². The van der Waals surface area contributed by atoms with Crippen LogP contribution >= 0.6 is 11.6 Å².